The number of hydrogen-bond donors (Lipinski definition) is 0. The van der Waals surface area contributed by atoms with E-state index in [0.717, 1.165) is 0 Å². The highest BCUT2D eigenvalue weighted by atomic mass is 16.5. The van der Waals surface area contributed by atoms with Gasteiger partial charge in [-0.2, -0.15) is 0 Å². The van der Waals surface area contributed by atoms with Gasteiger partial charge in [-0.15, -0.1) is 0 Å². The van der Waals surface area contributed by atoms with E-state index in [0.29, 0.717) is 5.69 Å². The summed E-state index contributed by atoms with van der Waals surface area (Å²) in [4.78, 5) is 0. The Bertz CT molecular complexity index is 281. The second kappa shape index (κ2) is 3.58. The highest BCUT2D eigenvalue weighted by Crippen LogP contribution is 2.02. The minimum absolute atomic E-state index is 0.120. The predicted octanol–water partition coefficient (Wildman–Crippen LogP) is 1.95. The number of aromatic nitrogens is 1. The lowest BCUT2D eigenvalue weighted by Gasteiger charge is -2.07. The first-order valence-corrected chi connectivity index (χ1v) is 3.73. The summed E-state index contributed by atoms with van der Waals surface area (Å²) in [5.74, 6) is 0. The average molecular weight is 155 g/mol. The van der Waals surface area contributed by atoms with Crippen molar-refractivity contribution in [3.63, 3.8) is 0 Å². The minimum atomic E-state index is -1.70. The first kappa shape index (κ1) is 5.84. The maximum atomic E-state index is 7.68. The van der Waals surface area contributed by atoms with Crippen LogP contribution in [0.5, 0.6) is 0 Å². The van der Waals surface area contributed by atoms with Gasteiger partial charge in [-0.3, -0.25) is 0 Å². The summed E-state index contributed by atoms with van der Waals surface area (Å²) in [6.07, 6.45) is 1.68. The molecule has 0 unspecified atom stereocenters. The zero-order chi connectivity index (χ0) is 10.1. The smallest absolute Gasteiger partial charge is 0.0871 e. The lowest BCUT2D eigenvalue weighted by Crippen LogP contribution is -2.04. The molecule has 0 amide bonds. The summed E-state index contributed by atoms with van der Waals surface area (Å²) in [5, 5.41) is 0. The molecule has 1 heterocycles. The van der Waals surface area contributed by atoms with Crippen molar-refractivity contribution >= 4 is 0 Å². The Kier molecular flexibility index (Phi) is 1.90. The topological polar surface area (TPSA) is 14.2 Å². The normalized spacial score (nSPS) is 14.9. The molecular weight excluding hydrogens is 138 g/mol. The van der Waals surface area contributed by atoms with Gasteiger partial charge in [0.05, 0.1) is 15.4 Å². The quantitative estimate of drug-likeness (QED) is 0.650. The second-order valence-corrected chi connectivity index (χ2v) is 2.77. The van der Waals surface area contributed by atoms with E-state index in [9.17, 15) is 0 Å². The molecule has 0 radical (unpaired) electrons. The summed E-state index contributed by atoms with van der Waals surface area (Å²) in [6, 6.07) is 3.53. The molecule has 0 bridgehead atoms. The van der Waals surface area contributed by atoms with Crippen LogP contribution in [0.1, 0.15) is 22.3 Å². The molecule has 1 aromatic rings. The van der Waals surface area contributed by atoms with Gasteiger partial charge in [-0.05, 0) is 26.0 Å². The molecule has 0 aliphatic heterocycles. The SMILES string of the molecule is [2H]C([2H])(OC(C)C)c1cccn1C. The molecule has 0 saturated heterocycles. The van der Waals surface area contributed by atoms with Gasteiger partial charge in [-0.1, -0.05) is 0 Å². The Morgan fingerprint density at radius 3 is 2.91 bits per heavy atom. The van der Waals surface area contributed by atoms with Crippen LogP contribution in [0.15, 0.2) is 18.3 Å². The van der Waals surface area contributed by atoms with Crippen molar-refractivity contribution in [1.29, 1.82) is 0 Å². The number of aryl methyl sites for hydroxylation is 1. The first-order chi connectivity index (χ1) is 5.93. The zero-order valence-corrected chi connectivity index (χ0v) is 7.16. The van der Waals surface area contributed by atoms with Crippen LogP contribution in [-0.4, -0.2) is 10.7 Å². The number of hydrogen-bond acceptors (Lipinski definition) is 1. The highest BCUT2D eigenvalue weighted by Gasteiger charge is 1.97. The monoisotopic (exact) mass is 155 g/mol. The number of rotatable bonds is 3. The van der Waals surface area contributed by atoms with Crippen molar-refractivity contribution in [2.75, 3.05) is 0 Å². The van der Waals surface area contributed by atoms with Gasteiger partial charge in [0.2, 0.25) is 0 Å². The average Bonchev–Trinajstić information content (AvgIpc) is 2.32. The van der Waals surface area contributed by atoms with E-state index < -0.39 is 6.56 Å². The molecule has 0 N–H and O–H groups in total. The van der Waals surface area contributed by atoms with Crippen LogP contribution in [0.4, 0.5) is 0 Å². The van der Waals surface area contributed by atoms with E-state index in [2.05, 4.69) is 0 Å². The minimum Gasteiger partial charge on any atom is -0.373 e. The molecule has 0 spiro atoms. The molecule has 0 fully saturated rings. The Morgan fingerprint density at radius 2 is 2.45 bits per heavy atom. The van der Waals surface area contributed by atoms with Crippen LogP contribution in [-0.2, 0) is 18.3 Å². The summed E-state index contributed by atoms with van der Waals surface area (Å²) >= 11 is 0. The Morgan fingerprint density at radius 1 is 1.73 bits per heavy atom. The number of nitrogens with zero attached hydrogens (tertiary/aromatic N) is 1. The number of ether oxygens (including phenoxy) is 1. The Labute approximate surface area is 70.6 Å². The molecule has 0 aliphatic carbocycles. The van der Waals surface area contributed by atoms with Crippen LogP contribution in [0, 0.1) is 0 Å². The van der Waals surface area contributed by atoms with Crippen LogP contribution in [0.25, 0.3) is 0 Å². The highest BCUT2D eigenvalue weighted by molar-refractivity contribution is 5.04. The molecule has 0 aliphatic rings. The van der Waals surface area contributed by atoms with E-state index in [1.165, 1.54) is 0 Å². The van der Waals surface area contributed by atoms with E-state index >= 15 is 0 Å². The molecule has 2 nitrogen and oxygen atoms in total. The molecule has 1 aromatic heterocycles. The summed E-state index contributed by atoms with van der Waals surface area (Å²) in [7, 11) is 1.80. The molecule has 0 saturated carbocycles. The predicted molar refractivity (Wildman–Crippen MR) is 45.3 cm³/mol. The largest absolute Gasteiger partial charge is 0.373 e. The molecule has 62 valence electrons. The van der Waals surface area contributed by atoms with Gasteiger partial charge in [0.1, 0.15) is 0 Å². The van der Waals surface area contributed by atoms with Gasteiger partial charge >= 0.3 is 0 Å². The van der Waals surface area contributed by atoms with Gasteiger partial charge in [0, 0.05) is 18.9 Å². The third kappa shape index (κ3) is 2.39. The molecule has 0 atom stereocenters. The molecule has 0 aromatic carbocycles. The third-order valence-corrected chi connectivity index (χ3v) is 1.34. The molecule has 1 rings (SSSR count). The van der Waals surface area contributed by atoms with Gasteiger partial charge in [-0.25, -0.2) is 0 Å². The van der Waals surface area contributed by atoms with Crippen LogP contribution in [0.3, 0.4) is 0 Å². The van der Waals surface area contributed by atoms with Gasteiger partial charge < -0.3 is 9.30 Å². The van der Waals surface area contributed by atoms with Crippen LogP contribution < -0.4 is 0 Å². The Balaban J connectivity index is 2.87. The fourth-order valence-corrected chi connectivity index (χ4v) is 0.745. The van der Waals surface area contributed by atoms with E-state index in [4.69, 9.17) is 7.48 Å². The molecular formula is C9H15NO. The second-order valence-electron chi connectivity index (χ2n) is 2.77. The van der Waals surface area contributed by atoms with E-state index in [1.54, 1.807) is 29.9 Å². The van der Waals surface area contributed by atoms with E-state index in [1.807, 2.05) is 13.8 Å². The lowest BCUT2D eigenvalue weighted by atomic mass is 10.4. The standard InChI is InChI=1S/C9H15NO/c1-8(2)11-7-9-5-4-6-10(9)3/h4-6,8H,7H2,1-3H3/i7D2. The maximum Gasteiger partial charge on any atom is 0.0871 e. The Hall–Kier alpha value is -0.760. The fourth-order valence-electron chi connectivity index (χ4n) is 0.745. The van der Waals surface area contributed by atoms with Crippen molar-refractivity contribution in [3.8, 4) is 0 Å². The third-order valence-electron chi connectivity index (χ3n) is 1.34. The van der Waals surface area contributed by atoms with E-state index in [-0.39, 0.29) is 6.10 Å². The van der Waals surface area contributed by atoms with Crippen LogP contribution in [0.2, 0.25) is 0 Å². The van der Waals surface area contributed by atoms with Crippen molar-refractivity contribution in [2.24, 2.45) is 7.05 Å². The zero-order valence-electron chi connectivity index (χ0n) is 9.16. The van der Waals surface area contributed by atoms with Crippen molar-refractivity contribution in [3.05, 3.63) is 24.0 Å². The fraction of sp³-hybridized carbons (Fsp3) is 0.556. The van der Waals surface area contributed by atoms with Gasteiger partial charge in [0.25, 0.3) is 0 Å². The summed E-state index contributed by atoms with van der Waals surface area (Å²) in [6.45, 7) is 1.94. The van der Waals surface area contributed by atoms with Crippen molar-refractivity contribution < 1.29 is 7.48 Å². The van der Waals surface area contributed by atoms with Crippen molar-refractivity contribution in [2.45, 2.75) is 26.5 Å². The lowest BCUT2D eigenvalue weighted by molar-refractivity contribution is 0.0622. The summed E-state index contributed by atoms with van der Waals surface area (Å²) < 4.78 is 22.3. The maximum absolute atomic E-state index is 7.68. The molecule has 2 heteroatoms. The van der Waals surface area contributed by atoms with Crippen LogP contribution >= 0.6 is 0 Å². The molecule has 11 heavy (non-hydrogen) atoms. The van der Waals surface area contributed by atoms with Crippen molar-refractivity contribution in [1.82, 2.24) is 4.57 Å². The van der Waals surface area contributed by atoms with Gasteiger partial charge in [0.15, 0.2) is 0 Å². The summed E-state index contributed by atoms with van der Waals surface area (Å²) in [5.41, 5.74) is 0.543. The first-order valence-electron chi connectivity index (χ1n) is 4.73.